The molecule has 0 bridgehead atoms. The zero-order valence-electron chi connectivity index (χ0n) is 12.5. The molecule has 23 heavy (non-hydrogen) atoms. The summed E-state index contributed by atoms with van der Waals surface area (Å²) in [6.45, 7) is 1.59. The molecule has 5 heteroatoms. The van der Waals surface area contributed by atoms with E-state index in [2.05, 4.69) is 15.0 Å². The summed E-state index contributed by atoms with van der Waals surface area (Å²) in [6, 6.07) is 17.9. The molecule has 2 heterocycles. The summed E-state index contributed by atoms with van der Waals surface area (Å²) in [7, 11) is 0. The monoisotopic (exact) mass is 302 g/mol. The number of aromatic nitrogens is 4. The van der Waals surface area contributed by atoms with Crippen LogP contribution in [0.15, 0.2) is 60.4 Å². The average Bonchev–Trinajstić information content (AvgIpc) is 2.94. The molecule has 0 aliphatic carbocycles. The van der Waals surface area contributed by atoms with Gasteiger partial charge in [0.2, 0.25) is 0 Å². The highest BCUT2D eigenvalue weighted by atomic mass is 16.3. The van der Waals surface area contributed by atoms with Gasteiger partial charge in [-0.05, 0) is 31.2 Å². The van der Waals surface area contributed by atoms with Crippen LogP contribution in [-0.4, -0.2) is 24.6 Å². The van der Waals surface area contributed by atoms with Crippen molar-refractivity contribution in [1.29, 1.82) is 0 Å². The second-order valence-electron chi connectivity index (χ2n) is 5.29. The predicted octanol–water partition coefficient (Wildman–Crippen LogP) is 3.84. The number of nitrogens with zero attached hydrogens (tertiary/aromatic N) is 4. The highest BCUT2D eigenvalue weighted by molar-refractivity contribution is 5.81. The Bertz CT molecular complexity index is 985. The minimum absolute atomic E-state index is 0.163. The second-order valence-corrected chi connectivity index (χ2v) is 5.29. The maximum absolute atomic E-state index is 9.46. The smallest absolute Gasteiger partial charge is 0.199 e. The molecular weight excluding hydrogens is 288 g/mol. The molecule has 2 aliphatic heterocycles. The third-order valence-electron chi connectivity index (χ3n) is 3.55. The minimum atomic E-state index is 0.163. The summed E-state index contributed by atoms with van der Waals surface area (Å²) in [4.78, 5) is 13.5. The third-order valence-corrected chi connectivity index (χ3v) is 3.55. The van der Waals surface area contributed by atoms with Gasteiger partial charge in [-0.15, -0.1) is 0 Å². The van der Waals surface area contributed by atoms with E-state index in [4.69, 9.17) is 0 Å². The van der Waals surface area contributed by atoms with E-state index >= 15 is 0 Å². The summed E-state index contributed by atoms with van der Waals surface area (Å²) in [5.41, 5.74) is 2.80. The molecule has 0 fully saturated rings. The van der Waals surface area contributed by atoms with Gasteiger partial charge in [-0.2, -0.15) is 0 Å². The summed E-state index contributed by atoms with van der Waals surface area (Å²) < 4.78 is 2.04. The number of aliphatic hydroxyl groups excluding tert-OH is 1. The lowest BCUT2D eigenvalue weighted by atomic mass is 10.2. The summed E-state index contributed by atoms with van der Waals surface area (Å²) in [6.07, 6.45) is 1.53. The molecule has 5 nitrogen and oxygen atoms in total. The van der Waals surface area contributed by atoms with Crippen molar-refractivity contribution in [1.82, 2.24) is 19.5 Å². The normalized spacial score (nSPS) is 12.1. The van der Waals surface area contributed by atoms with Crippen molar-refractivity contribution in [2.75, 3.05) is 0 Å². The lowest BCUT2D eigenvalue weighted by Crippen LogP contribution is -2.05. The first-order valence-electron chi connectivity index (χ1n) is 7.30. The van der Waals surface area contributed by atoms with E-state index in [0.717, 1.165) is 16.7 Å². The topological polar surface area (TPSA) is 63.8 Å². The van der Waals surface area contributed by atoms with Crippen LogP contribution >= 0.6 is 0 Å². The predicted molar refractivity (Wildman–Crippen MR) is 89.6 cm³/mol. The molecule has 0 spiro atoms. The van der Waals surface area contributed by atoms with Gasteiger partial charge in [0, 0.05) is 11.8 Å². The Hall–Kier alpha value is -3.21. The van der Waals surface area contributed by atoms with Crippen molar-refractivity contribution in [2.24, 2.45) is 0 Å². The van der Waals surface area contributed by atoms with Gasteiger partial charge in [-0.3, -0.25) is 4.57 Å². The third kappa shape index (κ3) is 2.32. The number of allylic oxidation sites excluding steroid dienone is 1. The first-order chi connectivity index (χ1) is 11.2. The van der Waals surface area contributed by atoms with Crippen LogP contribution in [-0.2, 0) is 0 Å². The molecule has 0 saturated carbocycles. The Labute approximate surface area is 132 Å². The van der Waals surface area contributed by atoms with Gasteiger partial charge in [0.1, 0.15) is 0 Å². The minimum Gasteiger partial charge on any atom is -0.512 e. The molecule has 4 rings (SSSR count). The summed E-state index contributed by atoms with van der Waals surface area (Å²) in [5.74, 6) is 1.84. The van der Waals surface area contributed by atoms with E-state index in [1.54, 1.807) is 6.92 Å². The molecule has 2 aromatic carbocycles. The highest BCUT2D eigenvalue weighted by Crippen LogP contribution is 2.27. The fraction of sp³-hybridized carbons (Fsp3) is 0.0556. The second kappa shape index (κ2) is 5.21. The maximum Gasteiger partial charge on any atom is 0.199 e. The molecule has 0 saturated heterocycles. The van der Waals surface area contributed by atoms with Crippen LogP contribution in [0.25, 0.3) is 34.4 Å². The van der Waals surface area contributed by atoms with Crippen LogP contribution < -0.4 is 0 Å². The molecule has 0 radical (unpaired) electrons. The van der Waals surface area contributed by atoms with E-state index in [1.165, 1.54) is 6.08 Å². The Kier molecular flexibility index (Phi) is 3.05. The van der Waals surface area contributed by atoms with E-state index in [1.807, 2.05) is 59.2 Å². The first kappa shape index (κ1) is 13.5. The highest BCUT2D eigenvalue weighted by Gasteiger charge is 2.19. The van der Waals surface area contributed by atoms with Gasteiger partial charge in [0.05, 0.1) is 16.8 Å². The van der Waals surface area contributed by atoms with Crippen LogP contribution in [0.1, 0.15) is 12.7 Å². The van der Waals surface area contributed by atoms with Gasteiger partial charge in [0.15, 0.2) is 17.5 Å². The molecule has 0 unspecified atom stereocenters. The Balaban J connectivity index is 2.11. The number of fused-ring (bicyclic) bond motifs is 2. The fourth-order valence-corrected chi connectivity index (χ4v) is 2.63. The largest absolute Gasteiger partial charge is 0.512 e. The standard InChI is InChI=1S/C18H14N4O/c1-12(23)11-16-20-17-18(21-16)22(13-7-3-2-4-8-13)15-10-6-5-9-14(15)19-17/h2-11,23H,1H3/b12-11-. The molecule has 1 N–H and O–H groups in total. The molecular formula is C18H14N4O. The number of aliphatic hydroxyl groups is 1. The van der Waals surface area contributed by atoms with E-state index in [-0.39, 0.29) is 5.76 Å². The van der Waals surface area contributed by atoms with Gasteiger partial charge in [-0.25, -0.2) is 15.0 Å². The van der Waals surface area contributed by atoms with Crippen molar-refractivity contribution >= 4 is 17.1 Å². The van der Waals surface area contributed by atoms with Crippen molar-refractivity contribution in [3.05, 3.63) is 66.2 Å². The number of hydrogen-bond donors (Lipinski definition) is 1. The Morgan fingerprint density at radius 1 is 0.957 bits per heavy atom. The van der Waals surface area contributed by atoms with Crippen molar-refractivity contribution in [2.45, 2.75) is 6.92 Å². The molecule has 0 atom stereocenters. The Morgan fingerprint density at radius 3 is 2.48 bits per heavy atom. The van der Waals surface area contributed by atoms with Gasteiger partial charge in [-0.1, -0.05) is 30.3 Å². The van der Waals surface area contributed by atoms with Crippen molar-refractivity contribution in [3.8, 4) is 17.3 Å². The van der Waals surface area contributed by atoms with Crippen LogP contribution in [0.4, 0.5) is 0 Å². The van der Waals surface area contributed by atoms with E-state index < -0.39 is 0 Å². The number of benzene rings is 2. The SMILES string of the molecule is C/C(O)=C/c1nc2nc3ccccc3n(-c3ccccc3)c-2n1. The van der Waals surface area contributed by atoms with Crippen molar-refractivity contribution < 1.29 is 5.11 Å². The van der Waals surface area contributed by atoms with Crippen LogP contribution in [0.2, 0.25) is 0 Å². The lowest BCUT2D eigenvalue weighted by molar-refractivity contribution is 0.419. The number of hydrogen-bond acceptors (Lipinski definition) is 4. The van der Waals surface area contributed by atoms with Gasteiger partial charge < -0.3 is 5.11 Å². The first-order valence-corrected chi connectivity index (χ1v) is 7.30. The summed E-state index contributed by atoms with van der Waals surface area (Å²) >= 11 is 0. The van der Waals surface area contributed by atoms with Crippen LogP contribution in [0, 0.1) is 0 Å². The molecule has 112 valence electrons. The van der Waals surface area contributed by atoms with E-state index in [0.29, 0.717) is 17.5 Å². The number of rotatable bonds is 2. The average molecular weight is 302 g/mol. The van der Waals surface area contributed by atoms with Crippen molar-refractivity contribution in [3.63, 3.8) is 0 Å². The number of imidazole rings is 1. The molecule has 0 amide bonds. The van der Waals surface area contributed by atoms with Crippen LogP contribution in [0.3, 0.4) is 0 Å². The zero-order valence-corrected chi connectivity index (χ0v) is 12.5. The number of para-hydroxylation sites is 3. The van der Waals surface area contributed by atoms with Gasteiger partial charge >= 0.3 is 0 Å². The van der Waals surface area contributed by atoms with Gasteiger partial charge in [0.25, 0.3) is 0 Å². The summed E-state index contributed by atoms with van der Waals surface area (Å²) in [5, 5.41) is 9.46. The molecule has 0 aromatic heterocycles. The zero-order chi connectivity index (χ0) is 15.8. The molecule has 2 aromatic rings. The maximum atomic E-state index is 9.46. The quantitative estimate of drug-likeness (QED) is 0.571. The lowest BCUT2D eigenvalue weighted by Gasteiger charge is -2.14. The fourth-order valence-electron chi connectivity index (χ4n) is 2.63. The van der Waals surface area contributed by atoms with Crippen LogP contribution in [0.5, 0.6) is 0 Å². The van der Waals surface area contributed by atoms with E-state index in [9.17, 15) is 5.11 Å². The Morgan fingerprint density at radius 2 is 1.70 bits per heavy atom. The molecule has 2 aliphatic rings.